The van der Waals surface area contributed by atoms with Gasteiger partial charge in [-0.05, 0) is 18.4 Å². The third-order valence-corrected chi connectivity index (χ3v) is 3.90. The van der Waals surface area contributed by atoms with Crippen LogP contribution >= 0.6 is 0 Å². The van der Waals surface area contributed by atoms with Crippen LogP contribution in [0.2, 0.25) is 0 Å². The van der Waals surface area contributed by atoms with E-state index < -0.39 is 0 Å². The molecule has 82 valence electrons. The number of aliphatic hydroxyl groups is 1. The second-order valence-electron chi connectivity index (χ2n) is 4.89. The zero-order chi connectivity index (χ0) is 10.1. The van der Waals surface area contributed by atoms with Crippen LogP contribution in [0.4, 0.5) is 0 Å². The number of likely N-dealkylation sites (tertiary alicyclic amines) is 1. The monoisotopic (exact) mass is 198 g/mol. The number of hydrogen-bond donors (Lipinski definition) is 2. The smallest absolute Gasteiger partial charge is 0.0704 e. The van der Waals surface area contributed by atoms with Crippen LogP contribution in [0, 0.1) is 11.8 Å². The summed E-state index contributed by atoms with van der Waals surface area (Å²) < 4.78 is 0. The highest BCUT2D eigenvalue weighted by molar-refractivity contribution is 4.93. The molecule has 2 saturated heterocycles. The summed E-state index contributed by atoms with van der Waals surface area (Å²) in [5.41, 5.74) is 0. The molecule has 2 fully saturated rings. The Morgan fingerprint density at radius 2 is 2.14 bits per heavy atom. The zero-order valence-corrected chi connectivity index (χ0v) is 9.24. The number of nitrogens with one attached hydrogen (secondary N) is 1. The van der Waals surface area contributed by atoms with Gasteiger partial charge in [0.15, 0.2) is 0 Å². The Bertz CT molecular complexity index is 188. The molecule has 2 heterocycles. The van der Waals surface area contributed by atoms with Gasteiger partial charge in [-0.1, -0.05) is 20.3 Å². The molecule has 2 aliphatic heterocycles. The fraction of sp³-hybridized carbons (Fsp3) is 1.00. The Morgan fingerprint density at radius 1 is 1.36 bits per heavy atom. The summed E-state index contributed by atoms with van der Waals surface area (Å²) >= 11 is 0. The molecule has 0 bridgehead atoms. The fourth-order valence-electron chi connectivity index (χ4n) is 2.82. The Morgan fingerprint density at radius 3 is 2.71 bits per heavy atom. The van der Waals surface area contributed by atoms with Crippen molar-refractivity contribution < 1.29 is 5.11 Å². The maximum absolute atomic E-state index is 9.73. The maximum atomic E-state index is 9.73. The molecule has 4 atom stereocenters. The van der Waals surface area contributed by atoms with E-state index in [-0.39, 0.29) is 6.10 Å². The summed E-state index contributed by atoms with van der Waals surface area (Å²) in [4.78, 5) is 2.48. The van der Waals surface area contributed by atoms with Crippen molar-refractivity contribution in [3.8, 4) is 0 Å². The highest BCUT2D eigenvalue weighted by Crippen LogP contribution is 2.25. The lowest BCUT2D eigenvalue weighted by Crippen LogP contribution is -2.39. The first-order valence-electron chi connectivity index (χ1n) is 5.85. The molecule has 4 unspecified atom stereocenters. The molecule has 0 radical (unpaired) electrons. The largest absolute Gasteiger partial charge is 0.391 e. The van der Waals surface area contributed by atoms with Gasteiger partial charge < -0.3 is 10.4 Å². The van der Waals surface area contributed by atoms with Crippen LogP contribution in [-0.2, 0) is 0 Å². The van der Waals surface area contributed by atoms with Gasteiger partial charge in [-0.25, -0.2) is 0 Å². The number of β-amino-alcohol motifs (C(OH)–C–C–N with tert-alkyl or cyclic N) is 1. The van der Waals surface area contributed by atoms with Gasteiger partial charge in [-0.15, -0.1) is 0 Å². The molecule has 0 aliphatic carbocycles. The molecule has 3 nitrogen and oxygen atoms in total. The summed E-state index contributed by atoms with van der Waals surface area (Å²) in [5.74, 6) is 1.24. The third-order valence-electron chi connectivity index (χ3n) is 3.90. The average molecular weight is 198 g/mol. The van der Waals surface area contributed by atoms with Crippen LogP contribution in [0.1, 0.15) is 20.3 Å². The van der Waals surface area contributed by atoms with E-state index in [1.807, 2.05) is 0 Å². The van der Waals surface area contributed by atoms with Gasteiger partial charge in [-0.3, -0.25) is 4.90 Å². The van der Waals surface area contributed by atoms with Crippen LogP contribution in [0.25, 0.3) is 0 Å². The average Bonchev–Trinajstić information content (AvgIpc) is 2.73. The summed E-state index contributed by atoms with van der Waals surface area (Å²) in [6.07, 6.45) is 1.15. The van der Waals surface area contributed by atoms with E-state index in [1.54, 1.807) is 0 Å². The lowest BCUT2D eigenvalue weighted by molar-refractivity contribution is 0.136. The van der Waals surface area contributed by atoms with Crippen molar-refractivity contribution in [3.05, 3.63) is 0 Å². The van der Waals surface area contributed by atoms with Crippen molar-refractivity contribution in [2.45, 2.75) is 32.4 Å². The highest BCUT2D eigenvalue weighted by Gasteiger charge is 2.37. The molecule has 0 spiro atoms. The SMILES string of the molecule is CCC1CNCC1N1CC(C)C(O)C1. The van der Waals surface area contributed by atoms with Crippen molar-refractivity contribution in [2.75, 3.05) is 26.2 Å². The molecule has 0 saturated carbocycles. The Hall–Kier alpha value is -0.120. The summed E-state index contributed by atoms with van der Waals surface area (Å²) in [6.45, 7) is 8.63. The summed E-state index contributed by atoms with van der Waals surface area (Å²) in [7, 11) is 0. The molecular formula is C11H22N2O. The molecule has 0 aromatic rings. The predicted molar refractivity (Wildman–Crippen MR) is 57.2 cm³/mol. The second-order valence-corrected chi connectivity index (χ2v) is 4.89. The van der Waals surface area contributed by atoms with E-state index in [4.69, 9.17) is 0 Å². The standard InChI is InChI=1S/C11H22N2O/c1-3-9-4-12-5-10(9)13-6-8(2)11(14)7-13/h8-12,14H,3-7H2,1-2H3. The Labute approximate surface area is 86.5 Å². The van der Waals surface area contributed by atoms with E-state index in [9.17, 15) is 5.11 Å². The first-order valence-corrected chi connectivity index (χ1v) is 5.85. The number of aliphatic hydroxyl groups excluding tert-OH is 1. The minimum absolute atomic E-state index is 0.104. The van der Waals surface area contributed by atoms with E-state index in [1.165, 1.54) is 6.42 Å². The van der Waals surface area contributed by atoms with Crippen LogP contribution < -0.4 is 5.32 Å². The molecule has 2 rings (SSSR count). The fourth-order valence-corrected chi connectivity index (χ4v) is 2.82. The van der Waals surface area contributed by atoms with E-state index >= 15 is 0 Å². The highest BCUT2D eigenvalue weighted by atomic mass is 16.3. The van der Waals surface area contributed by atoms with E-state index in [2.05, 4.69) is 24.1 Å². The van der Waals surface area contributed by atoms with Crippen LogP contribution in [0.5, 0.6) is 0 Å². The van der Waals surface area contributed by atoms with Gasteiger partial charge in [0.1, 0.15) is 0 Å². The normalized spacial score (nSPS) is 44.8. The predicted octanol–water partition coefficient (Wildman–Crippen LogP) is 0.297. The molecular weight excluding hydrogens is 176 g/mol. The van der Waals surface area contributed by atoms with Gasteiger partial charge in [0.25, 0.3) is 0 Å². The first-order chi connectivity index (χ1) is 6.72. The van der Waals surface area contributed by atoms with Crippen molar-refractivity contribution in [2.24, 2.45) is 11.8 Å². The minimum Gasteiger partial charge on any atom is -0.391 e. The van der Waals surface area contributed by atoms with Gasteiger partial charge in [0.2, 0.25) is 0 Å². The minimum atomic E-state index is -0.104. The van der Waals surface area contributed by atoms with E-state index in [0.29, 0.717) is 12.0 Å². The molecule has 0 aromatic heterocycles. The maximum Gasteiger partial charge on any atom is 0.0704 e. The summed E-state index contributed by atoms with van der Waals surface area (Å²) in [5, 5.41) is 13.2. The number of rotatable bonds is 2. The molecule has 0 amide bonds. The molecule has 0 aromatic carbocycles. The van der Waals surface area contributed by atoms with Crippen molar-refractivity contribution >= 4 is 0 Å². The van der Waals surface area contributed by atoms with E-state index in [0.717, 1.165) is 32.1 Å². The van der Waals surface area contributed by atoms with Crippen LogP contribution in [0.15, 0.2) is 0 Å². The third kappa shape index (κ3) is 1.81. The Kier molecular flexibility index (Phi) is 3.10. The lowest BCUT2D eigenvalue weighted by atomic mass is 10.00. The second kappa shape index (κ2) is 4.17. The molecule has 2 N–H and O–H groups in total. The van der Waals surface area contributed by atoms with Crippen LogP contribution in [0.3, 0.4) is 0 Å². The number of hydrogen-bond acceptors (Lipinski definition) is 3. The molecule has 14 heavy (non-hydrogen) atoms. The van der Waals surface area contributed by atoms with Crippen molar-refractivity contribution in [3.63, 3.8) is 0 Å². The van der Waals surface area contributed by atoms with Crippen molar-refractivity contribution in [1.29, 1.82) is 0 Å². The molecule has 2 aliphatic rings. The molecule has 3 heteroatoms. The van der Waals surface area contributed by atoms with Gasteiger partial charge in [0, 0.05) is 25.7 Å². The van der Waals surface area contributed by atoms with Crippen LogP contribution in [-0.4, -0.2) is 48.3 Å². The summed E-state index contributed by atoms with van der Waals surface area (Å²) in [6, 6.07) is 0.666. The van der Waals surface area contributed by atoms with Gasteiger partial charge in [-0.2, -0.15) is 0 Å². The number of nitrogens with zero attached hydrogens (tertiary/aromatic N) is 1. The topological polar surface area (TPSA) is 35.5 Å². The Balaban J connectivity index is 1.95. The lowest BCUT2D eigenvalue weighted by Gasteiger charge is -2.27. The van der Waals surface area contributed by atoms with Gasteiger partial charge >= 0.3 is 0 Å². The van der Waals surface area contributed by atoms with Crippen molar-refractivity contribution in [1.82, 2.24) is 10.2 Å². The zero-order valence-electron chi connectivity index (χ0n) is 9.24. The first kappa shape index (κ1) is 10.4. The van der Waals surface area contributed by atoms with Gasteiger partial charge in [0.05, 0.1) is 6.10 Å². The quantitative estimate of drug-likeness (QED) is 0.670.